The smallest absolute Gasteiger partial charge is 0.212 e. The van der Waals surface area contributed by atoms with Crippen molar-refractivity contribution in [3.63, 3.8) is 0 Å². The van der Waals surface area contributed by atoms with Crippen molar-refractivity contribution < 1.29 is 4.39 Å². The Bertz CT molecular complexity index is 297. The molecule has 90 valence electrons. The molecular formula is C13H21FN2. The summed E-state index contributed by atoms with van der Waals surface area (Å²) in [7, 11) is 0. The van der Waals surface area contributed by atoms with Gasteiger partial charge in [-0.1, -0.05) is 27.2 Å². The van der Waals surface area contributed by atoms with Gasteiger partial charge in [-0.3, -0.25) is 0 Å². The number of pyridine rings is 1. The van der Waals surface area contributed by atoms with Gasteiger partial charge in [-0.25, -0.2) is 4.98 Å². The van der Waals surface area contributed by atoms with Crippen molar-refractivity contribution in [2.75, 3.05) is 5.32 Å². The van der Waals surface area contributed by atoms with E-state index in [2.05, 4.69) is 31.1 Å². The number of nitrogens with zero attached hydrogens (tertiary/aromatic N) is 1. The highest BCUT2D eigenvalue weighted by atomic mass is 19.1. The molecule has 2 unspecified atom stereocenters. The molecule has 0 amide bonds. The van der Waals surface area contributed by atoms with Crippen molar-refractivity contribution in [3.05, 3.63) is 24.3 Å². The summed E-state index contributed by atoms with van der Waals surface area (Å²) >= 11 is 0. The fourth-order valence-electron chi connectivity index (χ4n) is 1.68. The molecule has 0 aliphatic carbocycles. The summed E-state index contributed by atoms with van der Waals surface area (Å²) in [5.41, 5.74) is 0.900. The highest BCUT2D eigenvalue weighted by Crippen LogP contribution is 2.16. The van der Waals surface area contributed by atoms with Crippen LogP contribution in [0.25, 0.3) is 0 Å². The van der Waals surface area contributed by atoms with Crippen molar-refractivity contribution in [3.8, 4) is 0 Å². The van der Waals surface area contributed by atoms with Gasteiger partial charge in [0, 0.05) is 6.04 Å². The summed E-state index contributed by atoms with van der Waals surface area (Å²) in [5, 5.41) is 3.39. The zero-order valence-corrected chi connectivity index (χ0v) is 10.3. The zero-order chi connectivity index (χ0) is 12.0. The van der Waals surface area contributed by atoms with Gasteiger partial charge in [0.2, 0.25) is 5.95 Å². The van der Waals surface area contributed by atoms with Crippen LogP contribution in [-0.4, -0.2) is 11.0 Å². The third kappa shape index (κ3) is 4.17. The summed E-state index contributed by atoms with van der Waals surface area (Å²) in [5.74, 6) is 0.284. The molecule has 1 rings (SSSR count). The Kier molecular flexibility index (Phi) is 5.23. The van der Waals surface area contributed by atoms with Crippen LogP contribution >= 0.6 is 0 Å². The maximum Gasteiger partial charge on any atom is 0.212 e. The highest BCUT2D eigenvalue weighted by Gasteiger charge is 2.10. The summed E-state index contributed by atoms with van der Waals surface area (Å²) < 4.78 is 12.6. The van der Waals surface area contributed by atoms with Crippen LogP contribution in [0.2, 0.25) is 0 Å². The van der Waals surface area contributed by atoms with E-state index in [0.29, 0.717) is 12.0 Å². The summed E-state index contributed by atoms with van der Waals surface area (Å²) in [6, 6.07) is 3.57. The van der Waals surface area contributed by atoms with Gasteiger partial charge in [-0.15, -0.1) is 0 Å². The number of hydrogen-bond acceptors (Lipinski definition) is 2. The van der Waals surface area contributed by atoms with Crippen LogP contribution in [0.3, 0.4) is 0 Å². The van der Waals surface area contributed by atoms with E-state index in [1.54, 1.807) is 12.3 Å². The van der Waals surface area contributed by atoms with Crippen molar-refractivity contribution >= 4 is 5.69 Å². The van der Waals surface area contributed by atoms with Crippen molar-refractivity contribution in [1.29, 1.82) is 0 Å². The van der Waals surface area contributed by atoms with Crippen LogP contribution < -0.4 is 5.32 Å². The van der Waals surface area contributed by atoms with Crippen molar-refractivity contribution in [1.82, 2.24) is 4.98 Å². The van der Waals surface area contributed by atoms with Gasteiger partial charge in [0.05, 0.1) is 11.9 Å². The fourth-order valence-corrected chi connectivity index (χ4v) is 1.68. The molecule has 16 heavy (non-hydrogen) atoms. The molecule has 0 saturated heterocycles. The molecule has 0 bridgehead atoms. The average molecular weight is 224 g/mol. The van der Waals surface area contributed by atoms with Crippen molar-refractivity contribution in [2.45, 2.75) is 46.1 Å². The monoisotopic (exact) mass is 224 g/mol. The van der Waals surface area contributed by atoms with Crippen LogP contribution in [0.4, 0.5) is 10.1 Å². The molecule has 1 heterocycles. The zero-order valence-electron chi connectivity index (χ0n) is 10.3. The first kappa shape index (κ1) is 12.9. The number of halogens is 1. The number of aromatic nitrogens is 1. The lowest BCUT2D eigenvalue weighted by molar-refractivity contribution is 0.461. The van der Waals surface area contributed by atoms with Crippen LogP contribution in [-0.2, 0) is 0 Å². The quantitative estimate of drug-likeness (QED) is 0.742. The van der Waals surface area contributed by atoms with Gasteiger partial charge < -0.3 is 5.32 Å². The Morgan fingerprint density at radius 3 is 2.56 bits per heavy atom. The molecule has 0 aliphatic rings. The normalized spacial score (nSPS) is 14.5. The molecule has 0 spiro atoms. The van der Waals surface area contributed by atoms with Crippen molar-refractivity contribution in [2.24, 2.45) is 5.92 Å². The van der Waals surface area contributed by atoms with E-state index >= 15 is 0 Å². The third-order valence-corrected chi connectivity index (χ3v) is 2.97. The molecule has 0 saturated carbocycles. The van der Waals surface area contributed by atoms with E-state index in [1.807, 2.05) is 0 Å². The Morgan fingerprint density at radius 1 is 1.31 bits per heavy atom. The maximum atomic E-state index is 12.6. The Hall–Kier alpha value is -1.12. The number of hydrogen-bond donors (Lipinski definition) is 1. The second-order valence-electron chi connectivity index (χ2n) is 4.37. The molecule has 1 N–H and O–H groups in total. The first-order valence-corrected chi connectivity index (χ1v) is 6.03. The Labute approximate surface area is 97.3 Å². The number of rotatable bonds is 6. The molecule has 1 aromatic heterocycles. The van der Waals surface area contributed by atoms with E-state index in [4.69, 9.17) is 0 Å². The first-order valence-electron chi connectivity index (χ1n) is 6.03. The third-order valence-electron chi connectivity index (χ3n) is 2.97. The first-order chi connectivity index (χ1) is 7.65. The molecule has 3 heteroatoms. The minimum atomic E-state index is -0.430. The van der Waals surface area contributed by atoms with Crippen LogP contribution in [0, 0.1) is 11.9 Å². The SMILES string of the molecule is CCC(C)CC(CC)Nc1ccc(F)nc1. The van der Waals surface area contributed by atoms with E-state index in [1.165, 1.54) is 12.5 Å². The second kappa shape index (κ2) is 6.46. The average Bonchev–Trinajstić information content (AvgIpc) is 2.30. The van der Waals surface area contributed by atoms with E-state index in [0.717, 1.165) is 18.5 Å². The second-order valence-corrected chi connectivity index (χ2v) is 4.37. The van der Waals surface area contributed by atoms with E-state index in [9.17, 15) is 4.39 Å². The van der Waals surface area contributed by atoms with Crippen LogP contribution in [0.1, 0.15) is 40.0 Å². The van der Waals surface area contributed by atoms with Gasteiger partial charge in [0.15, 0.2) is 0 Å². The largest absolute Gasteiger partial charge is 0.381 e. The topological polar surface area (TPSA) is 24.9 Å². The van der Waals surface area contributed by atoms with E-state index < -0.39 is 5.95 Å². The predicted octanol–water partition coefficient (Wildman–Crippen LogP) is 3.85. The molecule has 0 radical (unpaired) electrons. The predicted molar refractivity (Wildman–Crippen MR) is 66.0 cm³/mol. The standard InChI is InChI=1S/C13H21FN2/c1-4-10(3)8-11(5-2)16-12-6-7-13(14)15-9-12/h6-7,9-11,16H,4-5,8H2,1-3H3. The molecule has 1 aromatic rings. The van der Waals surface area contributed by atoms with Gasteiger partial charge >= 0.3 is 0 Å². The molecule has 0 aliphatic heterocycles. The number of anilines is 1. The minimum Gasteiger partial charge on any atom is -0.381 e. The lowest BCUT2D eigenvalue weighted by Crippen LogP contribution is -2.21. The number of nitrogens with one attached hydrogen (secondary N) is 1. The highest BCUT2D eigenvalue weighted by molar-refractivity contribution is 5.40. The summed E-state index contributed by atoms with van der Waals surface area (Å²) in [4.78, 5) is 3.64. The maximum absolute atomic E-state index is 12.6. The summed E-state index contributed by atoms with van der Waals surface area (Å²) in [6.45, 7) is 6.63. The molecule has 2 atom stereocenters. The Balaban J connectivity index is 2.52. The lowest BCUT2D eigenvalue weighted by atomic mass is 9.98. The fraction of sp³-hybridized carbons (Fsp3) is 0.615. The van der Waals surface area contributed by atoms with Gasteiger partial charge in [0.1, 0.15) is 0 Å². The summed E-state index contributed by atoms with van der Waals surface area (Å²) in [6.07, 6.45) is 4.96. The van der Waals surface area contributed by atoms with Gasteiger partial charge in [-0.05, 0) is 30.9 Å². The van der Waals surface area contributed by atoms with E-state index in [-0.39, 0.29) is 0 Å². The molecule has 2 nitrogen and oxygen atoms in total. The molecule has 0 aromatic carbocycles. The molecular weight excluding hydrogens is 203 g/mol. The molecule has 0 fully saturated rings. The van der Waals surface area contributed by atoms with Crippen LogP contribution in [0.5, 0.6) is 0 Å². The van der Waals surface area contributed by atoms with Gasteiger partial charge in [0.25, 0.3) is 0 Å². The van der Waals surface area contributed by atoms with Crippen LogP contribution in [0.15, 0.2) is 18.3 Å². The minimum absolute atomic E-state index is 0.430. The lowest BCUT2D eigenvalue weighted by Gasteiger charge is -2.21. The Morgan fingerprint density at radius 2 is 2.06 bits per heavy atom. The van der Waals surface area contributed by atoms with Gasteiger partial charge in [-0.2, -0.15) is 4.39 Å².